The summed E-state index contributed by atoms with van der Waals surface area (Å²) < 4.78 is 57.7. The summed E-state index contributed by atoms with van der Waals surface area (Å²) in [7, 11) is -2.52. The summed E-state index contributed by atoms with van der Waals surface area (Å²) in [6.07, 6.45) is 5.65. The highest BCUT2D eigenvalue weighted by molar-refractivity contribution is 7.90. The van der Waals surface area contributed by atoms with E-state index >= 15 is 4.39 Å². The number of fused-ring (bicyclic) bond motifs is 4. The molecule has 270 valence electrons. The van der Waals surface area contributed by atoms with E-state index in [1.165, 1.54) is 24.1 Å². The van der Waals surface area contributed by atoms with Gasteiger partial charge in [0.2, 0.25) is 15.9 Å². The van der Waals surface area contributed by atoms with Crippen LogP contribution in [0, 0.1) is 5.92 Å². The molecular weight excluding hydrogens is 683 g/mol. The standard InChI is InChI=1S/C37H46ClFN4O6S/c1-23-8-12-31(39)34(36(45)41-19-29(20-41)48-3)43-15-5-7-28(43)18-42-21-37(14-4-6-25-16-27(38)10-11-30(25)37)22-49-33-13-9-26(17-32(33)42)35(44)40-50(46,47)24(23)2/h9-13,16-17,23-24,28-29,34H,4-8,14-15,18-22H2,1-3H3,(H,40,44)/b31-12-/t23-,24+,28-,34+,37-/m0/s1. The molecule has 0 unspecified atom stereocenters. The van der Waals surface area contributed by atoms with Crippen LogP contribution in [0.15, 0.2) is 48.3 Å². The first-order chi connectivity index (χ1) is 23.9. The summed E-state index contributed by atoms with van der Waals surface area (Å²) in [6.45, 7) is 5.97. The topological polar surface area (TPSA) is 108 Å². The molecule has 13 heteroatoms. The number of allylic oxidation sites excluding steroid dienone is 1. The van der Waals surface area contributed by atoms with Crippen LogP contribution in [0.25, 0.3) is 0 Å². The highest BCUT2D eigenvalue weighted by atomic mass is 35.5. The van der Waals surface area contributed by atoms with E-state index in [4.69, 9.17) is 21.1 Å². The van der Waals surface area contributed by atoms with Crippen molar-refractivity contribution in [3.05, 3.63) is 70.0 Å². The van der Waals surface area contributed by atoms with E-state index in [9.17, 15) is 18.0 Å². The van der Waals surface area contributed by atoms with Gasteiger partial charge in [-0.2, -0.15) is 0 Å². The number of benzene rings is 2. The third-order valence-corrected chi connectivity index (χ3v) is 13.8. The van der Waals surface area contributed by atoms with Crippen LogP contribution in [0.1, 0.15) is 67.4 Å². The number of hydrogen-bond acceptors (Lipinski definition) is 8. The highest BCUT2D eigenvalue weighted by Gasteiger charge is 2.46. The van der Waals surface area contributed by atoms with Gasteiger partial charge in [-0.25, -0.2) is 17.5 Å². The number of halogens is 2. The van der Waals surface area contributed by atoms with E-state index in [1.807, 2.05) is 17.0 Å². The third-order valence-electron chi connectivity index (χ3n) is 11.7. The van der Waals surface area contributed by atoms with Crippen molar-refractivity contribution in [2.24, 2.45) is 5.92 Å². The number of rotatable bonds is 2. The fraction of sp³-hybridized carbons (Fsp3) is 0.568. The molecule has 1 aliphatic carbocycles. The lowest BCUT2D eigenvalue weighted by Gasteiger charge is -2.44. The van der Waals surface area contributed by atoms with Gasteiger partial charge in [-0.05, 0) is 99.4 Å². The lowest BCUT2D eigenvalue weighted by Crippen LogP contribution is -2.61. The minimum absolute atomic E-state index is 0.0827. The van der Waals surface area contributed by atoms with E-state index in [2.05, 4.69) is 15.7 Å². The number of hydrogen-bond donors (Lipinski definition) is 1. The minimum atomic E-state index is -4.12. The first-order valence-corrected chi connectivity index (χ1v) is 19.6. The Hall–Kier alpha value is -3.19. The fourth-order valence-corrected chi connectivity index (χ4v) is 9.93. The Bertz CT molecular complexity index is 1800. The van der Waals surface area contributed by atoms with E-state index in [-0.39, 0.29) is 30.0 Å². The van der Waals surface area contributed by atoms with Crippen LogP contribution >= 0.6 is 11.6 Å². The van der Waals surface area contributed by atoms with Gasteiger partial charge in [0.25, 0.3) is 5.91 Å². The smallest absolute Gasteiger partial charge is 0.264 e. The van der Waals surface area contributed by atoms with Gasteiger partial charge in [0.15, 0.2) is 0 Å². The predicted octanol–water partition coefficient (Wildman–Crippen LogP) is 4.84. The van der Waals surface area contributed by atoms with Gasteiger partial charge in [0, 0.05) is 55.3 Å². The molecule has 10 nitrogen and oxygen atoms in total. The average Bonchev–Trinajstić information content (AvgIpc) is 3.45. The zero-order chi connectivity index (χ0) is 35.4. The fourth-order valence-electron chi connectivity index (χ4n) is 8.45. The third kappa shape index (κ3) is 6.52. The molecule has 2 aromatic carbocycles. The van der Waals surface area contributed by atoms with Gasteiger partial charge >= 0.3 is 0 Å². The summed E-state index contributed by atoms with van der Waals surface area (Å²) in [5.74, 6) is -1.57. The van der Waals surface area contributed by atoms with Crippen molar-refractivity contribution < 1.29 is 31.9 Å². The Morgan fingerprint density at radius 2 is 1.92 bits per heavy atom. The molecule has 2 bridgehead atoms. The van der Waals surface area contributed by atoms with Crippen LogP contribution in [-0.2, 0) is 31.4 Å². The van der Waals surface area contributed by atoms with Gasteiger partial charge in [-0.15, -0.1) is 0 Å². The molecule has 0 saturated carbocycles. The molecule has 4 aliphatic heterocycles. The summed E-state index contributed by atoms with van der Waals surface area (Å²) in [4.78, 5) is 33.5. The molecule has 2 saturated heterocycles. The van der Waals surface area contributed by atoms with Crippen molar-refractivity contribution in [2.75, 3.05) is 51.3 Å². The molecule has 4 heterocycles. The van der Waals surface area contributed by atoms with Crippen LogP contribution in [0.3, 0.4) is 0 Å². The Morgan fingerprint density at radius 1 is 1.12 bits per heavy atom. The van der Waals surface area contributed by atoms with Crippen molar-refractivity contribution >= 4 is 39.1 Å². The van der Waals surface area contributed by atoms with Crippen LogP contribution in [0.5, 0.6) is 5.75 Å². The van der Waals surface area contributed by atoms with Crippen molar-refractivity contribution in [2.45, 2.75) is 81.2 Å². The van der Waals surface area contributed by atoms with Crippen LogP contribution < -0.4 is 14.4 Å². The Balaban J connectivity index is 1.33. The van der Waals surface area contributed by atoms with Crippen molar-refractivity contribution in [1.29, 1.82) is 0 Å². The number of aryl methyl sites for hydroxylation is 1. The number of anilines is 1. The molecule has 2 aromatic rings. The Kier molecular flexibility index (Phi) is 9.68. The molecule has 0 radical (unpaired) electrons. The SMILES string of the molecule is COC1CN(C(=O)[C@H]2/C(F)=C/C[C@H](C)[C@@H](C)S(=O)(=O)NC(=O)c3ccc4c(c3)N(C[C@@H]3CCCN32)C[C@@]2(CCCc3cc(Cl)ccc32)CO4)C1. The van der Waals surface area contributed by atoms with E-state index in [0.717, 1.165) is 32.1 Å². The lowest BCUT2D eigenvalue weighted by atomic mass is 9.70. The summed E-state index contributed by atoms with van der Waals surface area (Å²) in [6, 6.07) is 9.77. The van der Waals surface area contributed by atoms with Gasteiger partial charge in [-0.1, -0.05) is 30.7 Å². The maximum Gasteiger partial charge on any atom is 0.264 e. The quantitative estimate of drug-likeness (QED) is 0.468. The van der Waals surface area contributed by atoms with Crippen LogP contribution in [-0.4, -0.2) is 99.9 Å². The molecular formula is C37H46ClFN4O6S. The van der Waals surface area contributed by atoms with Gasteiger partial charge in [-0.3, -0.25) is 14.5 Å². The zero-order valence-corrected chi connectivity index (χ0v) is 30.4. The number of nitrogens with one attached hydrogen (secondary N) is 1. The molecule has 2 fully saturated rings. The van der Waals surface area contributed by atoms with Gasteiger partial charge in [0.1, 0.15) is 17.6 Å². The van der Waals surface area contributed by atoms with Gasteiger partial charge < -0.3 is 19.3 Å². The Morgan fingerprint density at radius 3 is 2.70 bits per heavy atom. The molecule has 2 amide bonds. The zero-order valence-electron chi connectivity index (χ0n) is 28.9. The number of carbonyl (C=O) groups excluding carboxylic acids is 2. The maximum absolute atomic E-state index is 16.6. The molecule has 5 atom stereocenters. The monoisotopic (exact) mass is 728 g/mol. The van der Waals surface area contributed by atoms with Crippen molar-refractivity contribution in [3.8, 4) is 5.75 Å². The second kappa shape index (κ2) is 13.7. The summed E-state index contributed by atoms with van der Waals surface area (Å²) in [5, 5.41) is -0.320. The number of nitrogens with zero attached hydrogens (tertiary/aromatic N) is 3. The number of methoxy groups -OCH3 is 1. The molecule has 5 aliphatic rings. The molecule has 0 aromatic heterocycles. The molecule has 1 N–H and O–H groups in total. The average molecular weight is 729 g/mol. The molecule has 50 heavy (non-hydrogen) atoms. The molecule has 1 spiro atoms. The number of amides is 2. The van der Waals surface area contributed by atoms with Gasteiger partial charge in [0.05, 0.1) is 23.6 Å². The first-order valence-electron chi connectivity index (χ1n) is 17.7. The second-order valence-corrected chi connectivity index (χ2v) is 17.3. The minimum Gasteiger partial charge on any atom is -0.490 e. The summed E-state index contributed by atoms with van der Waals surface area (Å²) in [5.41, 5.74) is 2.83. The maximum atomic E-state index is 16.6. The highest BCUT2D eigenvalue weighted by Crippen LogP contribution is 2.45. The number of ether oxygens (including phenoxy) is 2. The second-order valence-electron chi connectivity index (χ2n) is 14.8. The van der Waals surface area contributed by atoms with Crippen molar-refractivity contribution in [1.82, 2.24) is 14.5 Å². The largest absolute Gasteiger partial charge is 0.490 e. The number of sulfonamides is 1. The van der Waals surface area contributed by atoms with Crippen LogP contribution in [0.4, 0.5) is 10.1 Å². The van der Waals surface area contributed by atoms with E-state index in [1.54, 1.807) is 37.1 Å². The van der Waals surface area contributed by atoms with E-state index in [0.29, 0.717) is 55.8 Å². The first kappa shape index (κ1) is 35.2. The van der Waals surface area contributed by atoms with Crippen LogP contribution in [0.2, 0.25) is 5.02 Å². The number of carbonyl (C=O) groups is 2. The van der Waals surface area contributed by atoms with E-state index < -0.39 is 44.4 Å². The lowest BCUT2D eigenvalue weighted by molar-refractivity contribution is -0.148. The predicted molar refractivity (Wildman–Crippen MR) is 190 cm³/mol. The number of likely N-dealkylation sites (tertiary alicyclic amines) is 1. The normalized spacial score (nSPS) is 31.4. The molecule has 7 rings (SSSR count). The Labute approximate surface area is 299 Å². The van der Waals surface area contributed by atoms with Crippen molar-refractivity contribution in [3.63, 3.8) is 0 Å². The summed E-state index contributed by atoms with van der Waals surface area (Å²) >= 11 is 6.44.